The number of para-hydroxylation sites is 1. The van der Waals surface area contributed by atoms with Crippen molar-refractivity contribution in [3.05, 3.63) is 24.3 Å². The third-order valence-electron chi connectivity index (χ3n) is 1.83. The molecule has 0 saturated heterocycles. The Morgan fingerprint density at radius 1 is 1.29 bits per heavy atom. The summed E-state index contributed by atoms with van der Waals surface area (Å²) in [5, 5.41) is 8.55. The van der Waals surface area contributed by atoms with Crippen LogP contribution in [0.15, 0.2) is 29.2 Å². The molecule has 0 heterocycles. The van der Waals surface area contributed by atoms with E-state index in [0.717, 1.165) is 0 Å². The number of anilines is 1. The van der Waals surface area contributed by atoms with E-state index in [0.29, 0.717) is 0 Å². The van der Waals surface area contributed by atoms with Crippen LogP contribution in [0.3, 0.4) is 0 Å². The number of aliphatic hydroxyl groups excluding tert-OH is 1. The first-order chi connectivity index (χ1) is 6.58. The second-order valence-corrected chi connectivity index (χ2v) is 5.01. The zero-order chi connectivity index (χ0) is 10.6. The van der Waals surface area contributed by atoms with Gasteiger partial charge in [0.2, 0.25) is 0 Å². The monoisotopic (exact) mass is 215 g/mol. The maximum absolute atomic E-state index is 11.6. The Labute approximate surface area is 83.3 Å². The second-order valence-electron chi connectivity index (χ2n) is 2.93. The molecule has 78 valence electrons. The van der Waals surface area contributed by atoms with Crippen LogP contribution >= 0.6 is 0 Å². The van der Waals surface area contributed by atoms with Gasteiger partial charge in [0.15, 0.2) is 9.84 Å². The number of hydrogen-bond acceptors (Lipinski definition) is 4. The van der Waals surface area contributed by atoms with E-state index in [-0.39, 0.29) is 29.4 Å². The number of nitrogen functional groups attached to an aromatic ring is 1. The van der Waals surface area contributed by atoms with Crippen molar-refractivity contribution in [2.45, 2.75) is 11.3 Å². The summed E-state index contributed by atoms with van der Waals surface area (Å²) in [4.78, 5) is 0.147. The maximum atomic E-state index is 11.6. The molecule has 0 spiro atoms. The summed E-state index contributed by atoms with van der Waals surface area (Å²) in [6.07, 6.45) is 0.233. The van der Waals surface area contributed by atoms with Crippen molar-refractivity contribution < 1.29 is 13.5 Å². The Morgan fingerprint density at radius 2 is 1.93 bits per heavy atom. The van der Waals surface area contributed by atoms with Gasteiger partial charge in [-0.1, -0.05) is 12.1 Å². The van der Waals surface area contributed by atoms with E-state index >= 15 is 0 Å². The van der Waals surface area contributed by atoms with Crippen LogP contribution in [0.2, 0.25) is 0 Å². The van der Waals surface area contributed by atoms with E-state index in [9.17, 15) is 8.42 Å². The lowest BCUT2D eigenvalue weighted by Crippen LogP contribution is -2.10. The molecular formula is C9H13NO3S. The van der Waals surface area contributed by atoms with Crippen LogP contribution in [-0.2, 0) is 9.84 Å². The molecule has 0 radical (unpaired) electrons. The van der Waals surface area contributed by atoms with E-state index in [1.807, 2.05) is 0 Å². The van der Waals surface area contributed by atoms with Gasteiger partial charge in [0.05, 0.1) is 16.3 Å². The minimum atomic E-state index is -3.34. The third-order valence-corrected chi connectivity index (χ3v) is 3.69. The van der Waals surface area contributed by atoms with Gasteiger partial charge in [0.25, 0.3) is 0 Å². The van der Waals surface area contributed by atoms with E-state index in [4.69, 9.17) is 10.8 Å². The normalized spacial score (nSPS) is 11.5. The largest absolute Gasteiger partial charge is 0.398 e. The van der Waals surface area contributed by atoms with Crippen LogP contribution in [0.25, 0.3) is 0 Å². The first kappa shape index (κ1) is 11.0. The van der Waals surface area contributed by atoms with Crippen LogP contribution in [-0.4, -0.2) is 25.9 Å². The molecule has 0 aliphatic heterocycles. The molecule has 1 rings (SSSR count). The van der Waals surface area contributed by atoms with Gasteiger partial charge in [-0.25, -0.2) is 8.42 Å². The first-order valence-corrected chi connectivity index (χ1v) is 5.91. The molecule has 0 aliphatic carbocycles. The average Bonchev–Trinajstić information content (AvgIpc) is 2.15. The topological polar surface area (TPSA) is 80.4 Å². The molecule has 14 heavy (non-hydrogen) atoms. The summed E-state index contributed by atoms with van der Waals surface area (Å²) in [5.74, 6) is -0.0717. The first-order valence-electron chi connectivity index (χ1n) is 4.26. The van der Waals surface area contributed by atoms with Crippen LogP contribution < -0.4 is 5.73 Å². The smallest absolute Gasteiger partial charge is 0.180 e. The molecule has 0 atom stereocenters. The Hall–Kier alpha value is -1.07. The molecule has 0 saturated carbocycles. The summed E-state index contributed by atoms with van der Waals surface area (Å²) in [5.41, 5.74) is 5.79. The van der Waals surface area contributed by atoms with Crippen LogP contribution in [0.4, 0.5) is 5.69 Å². The Bertz CT molecular complexity index is 400. The highest BCUT2D eigenvalue weighted by Crippen LogP contribution is 2.18. The van der Waals surface area contributed by atoms with E-state index in [2.05, 4.69) is 0 Å². The van der Waals surface area contributed by atoms with Gasteiger partial charge in [-0.15, -0.1) is 0 Å². The van der Waals surface area contributed by atoms with Crippen molar-refractivity contribution >= 4 is 15.5 Å². The number of rotatable bonds is 4. The summed E-state index contributed by atoms with van der Waals surface area (Å²) in [7, 11) is -3.34. The molecule has 1 aromatic rings. The van der Waals surface area contributed by atoms with E-state index in [1.165, 1.54) is 6.07 Å². The van der Waals surface area contributed by atoms with Crippen molar-refractivity contribution in [3.8, 4) is 0 Å². The molecule has 0 amide bonds. The zero-order valence-corrected chi connectivity index (χ0v) is 8.50. The van der Waals surface area contributed by atoms with Crippen molar-refractivity contribution in [1.82, 2.24) is 0 Å². The highest BCUT2D eigenvalue weighted by atomic mass is 32.2. The molecule has 0 aliphatic rings. The van der Waals surface area contributed by atoms with Crippen molar-refractivity contribution in [1.29, 1.82) is 0 Å². The van der Waals surface area contributed by atoms with Gasteiger partial charge in [0, 0.05) is 6.61 Å². The lowest BCUT2D eigenvalue weighted by Gasteiger charge is -2.05. The van der Waals surface area contributed by atoms with Gasteiger partial charge in [-0.2, -0.15) is 0 Å². The molecular weight excluding hydrogens is 202 g/mol. The predicted molar refractivity (Wildman–Crippen MR) is 54.6 cm³/mol. The zero-order valence-electron chi connectivity index (χ0n) is 7.68. The fourth-order valence-electron chi connectivity index (χ4n) is 1.13. The van der Waals surface area contributed by atoms with Crippen molar-refractivity contribution in [3.63, 3.8) is 0 Å². The second kappa shape index (κ2) is 4.43. The van der Waals surface area contributed by atoms with Gasteiger partial charge >= 0.3 is 0 Å². The van der Waals surface area contributed by atoms with Gasteiger partial charge < -0.3 is 10.8 Å². The summed E-state index contributed by atoms with van der Waals surface area (Å²) >= 11 is 0. The number of benzene rings is 1. The molecule has 1 aromatic carbocycles. The average molecular weight is 215 g/mol. The number of aliphatic hydroxyl groups is 1. The van der Waals surface area contributed by atoms with Crippen molar-refractivity contribution in [2.75, 3.05) is 18.1 Å². The lowest BCUT2D eigenvalue weighted by molar-refractivity contribution is 0.295. The highest BCUT2D eigenvalue weighted by Gasteiger charge is 2.15. The number of sulfone groups is 1. The van der Waals surface area contributed by atoms with Crippen LogP contribution in [0.1, 0.15) is 6.42 Å². The van der Waals surface area contributed by atoms with Gasteiger partial charge in [-0.05, 0) is 18.6 Å². The Balaban J connectivity index is 2.99. The van der Waals surface area contributed by atoms with E-state index < -0.39 is 9.84 Å². The third kappa shape index (κ3) is 2.46. The molecule has 0 fully saturated rings. The number of nitrogens with two attached hydrogens (primary N) is 1. The fourth-order valence-corrected chi connectivity index (χ4v) is 2.57. The molecule has 4 nitrogen and oxygen atoms in total. The summed E-state index contributed by atoms with van der Waals surface area (Å²) in [6.45, 7) is -0.133. The molecule has 0 unspecified atom stereocenters. The highest BCUT2D eigenvalue weighted by molar-refractivity contribution is 7.91. The Morgan fingerprint density at radius 3 is 2.50 bits per heavy atom. The SMILES string of the molecule is Nc1ccccc1S(=O)(=O)CCCO. The Kier molecular flexibility index (Phi) is 3.49. The van der Waals surface area contributed by atoms with Crippen LogP contribution in [0, 0.1) is 0 Å². The fraction of sp³-hybridized carbons (Fsp3) is 0.333. The minimum Gasteiger partial charge on any atom is -0.398 e. The number of hydrogen-bond donors (Lipinski definition) is 2. The van der Waals surface area contributed by atoms with Gasteiger partial charge in [-0.3, -0.25) is 0 Å². The van der Waals surface area contributed by atoms with E-state index in [1.54, 1.807) is 18.2 Å². The minimum absolute atomic E-state index is 0.0717. The molecule has 5 heteroatoms. The summed E-state index contributed by atoms with van der Waals surface area (Å²) < 4.78 is 23.2. The molecule has 0 aromatic heterocycles. The quantitative estimate of drug-likeness (QED) is 0.713. The van der Waals surface area contributed by atoms with Crippen LogP contribution in [0.5, 0.6) is 0 Å². The maximum Gasteiger partial charge on any atom is 0.180 e. The predicted octanol–water partition coefficient (Wildman–Crippen LogP) is 0.425. The van der Waals surface area contributed by atoms with Gasteiger partial charge in [0.1, 0.15) is 0 Å². The molecule has 3 N–H and O–H groups in total. The molecule has 0 bridgehead atoms. The summed E-state index contributed by atoms with van der Waals surface area (Å²) in [6, 6.07) is 6.33. The standard InChI is InChI=1S/C9H13NO3S/c10-8-4-1-2-5-9(8)14(12,13)7-3-6-11/h1-2,4-5,11H,3,6-7,10H2. The lowest BCUT2D eigenvalue weighted by atomic mass is 10.3. The van der Waals surface area contributed by atoms with Crippen molar-refractivity contribution in [2.24, 2.45) is 0 Å².